The zero-order chi connectivity index (χ0) is 19.0. The molecule has 0 spiro atoms. The molecule has 0 fully saturated rings. The van der Waals surface area contributed by atoms with Crippen molar-refractivity contribution in [2.24, 2.45) is 0 Å². The van der Waals surface area contributed by atoms with E-state index >= 15 is 0 Å². The van der Waals surface area contributed by atoms with Crippen molar-refractivity contribution in [1.29, 1.82) is 0 Å². The molecule has 0 aliphatic carbocycles. The number of fused-ring (bicyclic) bond motifs is 1. The van der Waals surface area contributed by atoms with Crippen molar-refractivity contribution < 1.29 is 18.0 Å². The molecular weight excluding hydrogens is 355 g/mol. The average molecular weight is 369 g/mol. The van der Waals surface area contributed by atoms with Gasteiger partial charge in [0.15, 0.2) is 11.6 Å². The smallest absolute Gasteiger partial charge is 0.256 e. The zero-order valence-electron chi connectivity index (χ0n) is 13.9. The van der Waals surface area contributed by atoms with Gasteiger partial charge in [0.25, 0.3) is 5.91 Å². The van der Waals surface area contributed by atoms with E-state index in [0.29, 0.717) is 28.6 Å². The molecule has 2 heterocycles. The Morgan fingerprint density at radius 1 is 1.07 bits per heavy atom. The van der Waals surface area contributed by atoms with Gasteiger partial charge in [0.05, 0.1) is 5.57 Å². The molecule has 27 heavy (non-hydrogen) atoms. The van der Waals surface area contributed by atoms with Crippen molar-refractivity contribution >= 4 is 28.9 Å². The lowest BCUT2D eigenvalue weighted by Crippen LogP contribution is -2.04. The van der Waals surface area contributed by atoms with E-state index in [4.69, 9.17) is 0 Å². The van der Waals surface area contributed by atoms with Crippen molar-refractivity contribution in [2.45, 2.75) is 6.54 Å². The van der Waals surface area contributed by atoms with Crippen LogP contribution in [-0.2, 0) is 11.3 Å². The Morgan fingerprint density at radius 3 is 2.70 bits per heavy atom. The number of hydrogen-bond acceptors (Lipinski definition) is 2. The summed E-state index contributed by atoms with van der Waals surface area (Å²) in [6.07, 6.45) is 3.48. The van der Waals surface area contributed by atoms with Crippen molar-refractivity contribution in [3.05, 3.63) is 82.9 Å². The first-order chi connectivity index (χ1) is 13.0. The highest BCUT2D eigenvalue weighted by Gasteiger charge is 2.24. The number of benzene rings is 2. The van der Waals surface area contributed by atoms with E-state index in [1.165, 1.54) is 0 Å². The lowest BCUT2D eigenvalue weighted by molar-refractivity contribution is -0.110. The van der Waals surface area contributed by atoms with E-state index in [1.807, 2.05) is 12.1 Å². The third kappa shape index (κ3) is 3.31. The molecule has 0 saturated carbocycles. The van der Waals surface area contributed by atoms with Crippen molar-refractivity contribution in [1.82, 2.24) is 4.98 Å². The first kappa shape index (κ1) is 17.0. The number of aromatic nitrogens is 1. The molecule has 1 amide bonds. The van der Waals surface area contributed by atoms with Gasteiger partial charge in [-0.2, -0.15) is 0 Å². The van der Waals surface area contributed by atoms with Crippen LogP contribution in [0.5, 0.6) is 0 Å². The lowest BCUT2D eigenvalue weighted by Gasteiger charge is -2.10. The highest BCUT2D eigenvalue weighted by Crippen LogP contribution is 2.35. The maximum atomic E-state index is 13.8. The third-order valence-corrected chi connectivity index (χ3v) is 4.28. The standard InChI is InChI=1S/C20H14F3N3O/c21-12-6-11(19(23)17(22)7-12)10-25-14-3-4-18-15(8-14)16(20(27)26-18)9-13-2-1-5-24-13/h1-9,24-25H,10H2,(H,26,27)/b16-9-. The molecule has 1 aliphatic heterocycles. The second kappa shape index (κ2) is 6.68. The summed E-state index contributed by atoms with van der Waals surface area (Å²) >= 11 is 0. The van der Waals surface area contributed by atoms with Crippen LogP contribution in [0.1, 0.15) is 16.8 Å². The first-order valence-electron chi connectivity index (χ1n) is 8.19. The summed E-state index contributed by atoms with van der Waals surface area (Å²) < 4.78 is 40.4. The summed E-state index contributed by atoms with van der Waals surface area (Å²) in [4.78, 5) is 15.2. The minimum absolute atomic E-state index is 0.101. The number of rotatable bonds is 4. The van der Waals surface area contributed by atoms with Gasteiger partial charge >= 0.3 is 0 Å². The fraction of sp³-hybridized carbons (Fsp3) is 0.0500. The molecule has 3 aromatic rings. The number of halogens is 3. The second-order valence-electron chi connectivity index (χ2n) is 6.11. The summed E-state index contributed by atoms with van der Waals surface area (Å²) in [6.45, 7) is -0.101. The van der Waals surface area contributed by atoms with Crippen LogP contribution in [0.4, 0.5) is 24.5 Å². The van der Waals surface area contributed by atoms with Gasteiger partial charge in [0.1, 0.15) is 5.82 Å². The Hall–Kier alpha value is -3.48. The number of H-pyrrole nitrogens is 1. The van der Waals surface area contributed by atoms with Gasteiger partial charge < -0.3 is 15.6 Å². The number of anilines is 2. The molecule has 0 bridgehead atoms. The summed E-state index contributed by atoms with van der Waals surface area (Å²) in [5.41, 5.74) is 3.08. The molecule has 0 atom stereocenters. The highest BCUT2D eigenvalue weighted by molar-refractivity contribution is 6.35. The van der Waals surface area contributed by atoms with Gasteiger partial charge in [-0.05, 0) is 42.5 Å². The molecule has 0 unspecified atom stereocenters. The van der Waals surface area contributed by atoms with Crippen LogP contribution in [-0.4, -0.2) is 10.9 Å². The van der Waals surface area contributed by atoms with E-state index in [2.05, 4.69) is 15.6 Å². The van der Waals surface area contributed by atoms with Crippen molar-refractivity contribution in [3.63, 3.8) is 0 Å². The van der Waals surface area contributed by atoms with Gasteiger partial charge in [-0.3, -0.25) is 4.79 Å². The Morgan fingerprint density at radius 2 is 1.93 bits per heavy atom. The van der Waals surface area contributed by atoms with Crippen LogP contribution in [0, 0.1) is 17.5 Å². The second-order valence-corrected chi connectivity index (χ2v) is 6.11. The van der Waals surface area contributed by atoms with Gasteiger partial charge in [-0.1, -0.05) is 0 Å². The number of nitrogens with one attached hydrogen (secondary N) is 3. The summed E-state index contributed by atoms with van der Waals surface area (Å²) in [6, 6.07) is 10.3. The minimum atomic E-state index is -1.23. The first-order valence-corrected chi connectivity index (χ1v) is 8.19. The molecule has 4 rings (SSSR count). The predicted octanol–water partition coefficient (Wildman–Crippen LogP) is 4.54. The van der Waals surface area contributed by atoms with Gasteiger partial charge in [0.2, 0.25) is 0 Å². The number of carbonyl (C=O) groups excluding carboxylic acids is 1. The van der Waals surface area contributed by atoms with Gasteiger partial charge in [-0.25, -0.2) is 13.2 Å². The van der Waals surface area contributed by atoms with Crippen LogP contribution in [0.25, 0.3) is 11.6 Å². The van der Waals surface area contributed by atoms with E-state index in [9.17, 15) is 18.0 Å². The quantitative estimate of drug-likeness (QED) is 0.467. The molecule has 7 heteroatoms. The molecular formula is C20H14F3N3O. The molecule has 3 N–H and O–H groups in total. The van der Waals surface area contributed by atoms with E-state index < -0.39 is 17.5 Å². The monoisotopic (exact) mass is 369 g/mol. The average Bonchev–Trinajstić information content (AvgIpc) is 3.25. The Labute approximate surface area is 152 Å². The molecule has 2 aromatic carbocycles. The number of carbonyl (C=O) groups is 1. The third-order valence-electron chi connectivity index (χ3n) is 4.28. The summed E-state index contributed by atoms with van der Waals surface area (Å²) in [7, 11) is 0. The fourth-order valence-corrected chi connectivity index (χ4v) is 2.97. The van der Waals surface area contributed by atoms with Gasteiger partial charge in [0, 0.05) is 47.0 Å². The van der Waals surface area contributed by atoms with E-state index in [1.54, 1.807) is 30.5 Å². The molecule has 1 aliphatic rings. The lowest BCUT2D eigenvalue weighted by atomic mass is 10.0. The fourth-order valence-electron chi connectivity index (χ4n) is 2.97. The van der Waals surface area contributed by atoms with E-state index in [0.717, 1.165) is 11.8 Å². The van der Waals surface area contributed by atoms with Crippen LogP contribution in [0.2, 0.25) is 0 Å². The van der Waals surface area contributed by atoms with Crippen LogP contribution in [0.3, 0.4) is 0 Å². The molecule has 136 valence electrons. The molecule has 1 aromatic heterocycles. The number of aromatic amines is 1. The maximum absolute atomic E-state index is 13.8. The summed E-state index contributed by atoms with van der Waals surface area (Å²) in [5.74, 6) is -3.39. The van der Waals surface area contributed by atoms with Crippen molar-refractivity contribution in [2.75, 3.05) is 10.6 Å². The van der Waals surface area contributed by atoms with E-state index in [-0.39, 0.29) is 18.0 Å². The van der Waals surface area contributed by atoms with Crippen LogP contribution < -0.4 is 10.6 Å². The zero-order valence-corrected chi connectivity index (χ0v) is 13.9. The number of amides is 1. The van der Waals surface area contributed by atoms with Crippen LogP contribution >= 0.6 is 0 Å². The highest BCUT2D eigenvalue weighted by atomic mass is 19.2. The maximum Gasteiger partial charge on any atom is 0.256 e. The molecule has 0 radical (unpaired) electrons. The Balaban J connectivity index is 1.60. The minimum Gasteiger partial charge on any atom is -0.381 e. The molecule has 4 nitrogen and oxygen atoms in total. The Bertz CT molecular complexity index is 1060. The molecule has 0 saturated heterocycles. The normalized spacial score (nSPS) is 14.3. The number of hydrogen-bond donors (Lipinski definition) is 3. The topological polar surface area (TPSA) is 56.9 Å². The SMILES string of the molecule is O=C1Nc2ccc(NCc3cc(F)cc(F)c3F)cc2/C1=C/c1ccc[nH]1. The van der Waals surface area contributed by atoms with Gasteiger partial charge in [-0.15, -0.1) is 0 Å². The Kier molecular flexibility index (Phi) is 4.19. The van der Waals surface area contributed by atoms with Crippen molar-refractivity contribution in [3.8, 4) is 0 Å². The predicted molar refractivity (Wildman–Crippen MR) is 97.4 cm³/mol. The van der Waals surface area contributed by atoms with Crippen LogP contribution in [0.15, 0.2) is 48.7 Å². The summed E-state index contributed by atoms with van der Waals surface area (Å²) in [5, 5.41) is 5.71. The largest absolute Gasteiger partial charge is 0.381 e.